The van der Waals surface area contributed by atoms with Crippen molar-refractivity contribution in [2.24, 2.45) is 0 Å². The zero-order chi connectivity index (χ0) is 23.1. The topological polar surface area (TPSA) is 101 Å². The van der Waals surface area contributed by atoms with Crippen LogP contribution in [-0.2, 0) is 25.0 Å². The molecule has 31 heavy (non-hydrogen) atoms. The Morgan fingerprint density at radius 3 is 2.45 bits per heavy atom. The van der Waals surface area contributed by atoms with Crippen molar-refractivity contribution < 1.29 is 27.9 Å². The summed E-state index contributed by atoms with van der Waals surface area (Å²) in [4.78, 5) is 17.1. The second kappa shape index (κ2) is 10.9. The lowest BCUT2D eigenvalue weighted by molar-refractivity contribution is -0.154. The summed E-state index contributed by atoms with van der Waals surface area (Å²) in [7, 11) is -3.31. The second-order valence-electron chi connectivity index (χ2n) is 8.32. The average Bonchev–Trinajstić information content (AvgIpc) is 3.14. The fourth-order valence-electron chi connectivity index (χ4n) is 2.81. The molecule has 0 spiro atoms. The molecular weight excluding hydrogens is 419 g/mol. The summed E-state index contributed by atoms with van der Waals surface area (Å²) in [5.74, 6) is 0.730. The first kappa shape index (κ1) is 25.1. The van der Waals surface area contributed by atoms with Gasteiger partial charge in [0.2, 0.25) is 7.37 Å². The number of ether oxygens (including phenoxy) is 2. The number of benzene rings is 1. The van der Waals surface area contributed by atoms with E-state index < -0.39 is 24.6 Å². The van der Waals surface area contributed by atoms with Gasteiger partial charge in [-0.2, -0.15) is 4.98 Å². The molecule has 0 N–H and O–H groups in total. The summed E-state index contributed by atoms with van der Waals surface area (Å²) in [6.07, 6.45) is 2.06. The molecule has 8 nitrogen and oxygen atoms in total. The Balaban J connectivity index is 2.16. The van der Waals surface area contributed by atoms with Crippen molar-refractivity contribution in [3.05, 3.63) is 30.1 Å². The van der Waals surface area contributed by atoms with Gasteiger partial charge in [0.05, 0.1) is 13.2 Å². The van der Waals surface area contributed by atoms with Crippen LogP contribution in [0.15, 0.2) is 28.8 Å². The minimum atomic E-state index is -3.31. The number of hydrogen-bond donors (Lipinski definition) is 0. The molecule has 0 aliphatic rings. The molecule has 2 unspecified atom stereocenters. The van der Waals surface area contributed by atoms with Crippen LogP contribution in [-0.4, -0.2) is 47.2 Å². The van der Waals surface area contributed by atoms with Crippen molar-refractivity contribution in [1.82, 2.24) is 10.1 Å². The standard InChI is InChI=1S/C22H33N2O6P/c1-7-9-14-27-17-12-10-16(11-13-17)20-23-19(24-30-20)15-18(31(6,26)28-8-2)21(25)29-22(3,4)5/h10-13,18H,7-9,14-15H2,1-6H3. The van der Waals surface area contributed by atoms with Crippen LogP contribution in [0.5, 0.6) is 5.75 Å². The summed E-state index contributed by atoms with van der Waals surface area (Å²) in [5.41, 5.74) is -1.02. The molecule has 0 aliphatic heterocycles. The number of carbonyl (C=O) groups excluding carboxylic acids is 1. The summed E-state index contributed by atoms with van der Waals surface area (Å²) in [6, 6.07) is 7.34. The zero-order valence-corrected chi connectivity index (χ0v) is 20.1. The van der Waals surface area contributed by atoms with Gasteiger partial charge in [0.15, 0.2) is 5.82 Å². The predicted octanol–water partition coefficient (Wildman–Crippen LogP) is 5.11. The number of nitrogens with zero attached hydrogens (tertiary/aromatic N) is 2. The molecule has 1 aromatic heterocycles. The number of esters is 1. The average molecular weight is 452 g/mol. The highest BCUT2D eigenvalue weighted by molar-refractivity contribution is 7.60. The van der Waals surface area contributed by atoms with Crippen molar-refractivity contribution in [1.29, 1.82) is 0 Å². The summed E-state index contributed by atoms with van der Waals surface area (Å²) in [5, 5.41) is 3.97. The van der Waals surface area contributed by atoms with Crippen molar-refractivity contribution >= 4 is 13.3 Å². The molecular formula is C22H33N2O6P. The minimum absolute atomic E-state index is 0.00952. The lowest BCUT2D eigenvalue weighted by Gasteiger charge is -2.26. The third-order valence-corrected chi connectivity index (χ3v) is 6.64. The third kappa shape index (κ3) is 7.78. The van der Waals surface area contributed by atoms with Gasteiger partial charge in [-0.1, -0.05) is 18.5 Å². The van der Waals surface area contributed by atoms with E-state index in [1.165, 1.54) is 6.66 Å². The maximum Gasteiger partial charge on any atom is 0.319 e. The Morgan fingerprint density at radius 1 is 1.19 bits per heavy atom. The van der Waals surface area contributed by atoms with Gasteiger partial charge in [0.1, 0.15) is 17.0 Å². The van der Waals surface area contributed by atoms with Crippen molar-refractivity contribution in [2.45, 2.75) is 65.1 Å². The Labute approximate surface area is 184 Å². The largest absolute Gasteiger partial charge is 0.494 e. The minimum Gasteiger partial charge on any atom is -0.494 e. The highest BCUT2D eigenvalue weighted by Crippen LogP contribution is 2.50. The van der Waals surface area contributed by atoms with E-state index in [1.54, 1.807) is 27.7 Å². The zero-order valence-electron chi connectivity index (χ0n) is 19.2. The monoisotopic (exact) mass is 452 g/mol. The molecule has 2 rings (SSSR count). The van der Waals surface area contributed by atoms with Gasteiger partial charge in [-0.05, 0) is 58.4 Å². The Kier molecular flexibility index (Phi) is 8.83. The first-order valence-electron chi connectivity index (χ1n) is 10.6. The summed E-state index contributed by atoms with van der Waals surface area (Å²) in [6.45, 7) is 11.4. The molecule has 0 radical (unpaired) electrons. The molecule has 1 heterocycles. The van der Waals surface area contributed by atoms with E-state index in [1.807, 2.05) is 24.3 Å². The molecule has 1 aromatic carbocycles. The van der Waals surface area contributed by atoms with Gasteiger partial charge < -0.3 is 18.5 Å². The molecule has 0 saturated heterocycles. The van der Waals surface area contributed by atoms with E-state index in [0.29, 0.717) is 12.5 Å². The van der Waals surface area contributed by atoms with Gasteiger partial charge >= 0.3 is 5.97 Å². The molecule has 0 amide bonds. The van der Waals surface area contributed by atoms with Crippen LogP contribution in [0.2, 0.25) is 0 Å². The van der Waals surface area contributed by atoms with Gasteiger partial charge in [-0.25, -0.2) is 0 Å². The van der Waals surface area contributed by atoms with Gasteiger partial charge in [-0.3, -0.25) is 9.36 Å². The normalized spacial score (nSPS) is 14.6. The Morgan fingerprint density at radius 2 is 1.87 bits per heavy atom. The number of carbonyl (C=O) groups is 1. The highest BCUT2D eigenvalue weighted by atomic mass is 31.2. The van der Waals surface area contributed by atoms with E-state index in [2.05, 4.69) is 17.1 Å². The molecule has 0 aliphatic carbocycles. The molecule has 0 saturated carbocycles. The lowest BCUT2D eigenvalue weighted by atomic mass is 10.2. The fraction of sp³-hybridized carbons (Fsp3) is 0.591. The van der Waals surface area contributed by atoms with Crippen LogP contribution in [0, 0.1) is 0 Å². The predicted molar refractivity (Wildman–Crippen MR) is 119 cm³/mol. The number of unbranched alkanes of at least 4 members (excludes halogenated alkanes) is 1. The van der Waals surface area contributed by atoms with Gasteiger partial charge in [-0.15, -0.1) is 0 Å². The van der Waals surface area contributed by atoms with E-state index in [4.69, 9.17) is 18.5 Å². The third-order valence-electron chi connectivity index (χ3n) is 4.34. The fourth-order valence-corrected chi connectivity index (χ4v) is 4.44. The maximum atomic E-state index is 13.0. The molecule has 172 valence electrons. The number of aromatic nitrogens is 2. The summed E-state index contributed by atoms with van der Waals surface area (Å²) >= 11 is 0. The molecule has 2 atom stereocenters. The molecule has 2 aromatic rings. The SMILES string of the molecule is CCCCOc1ccc(-c2nc(CC(C(=O)OC(C)(C)C)P(C)(=O)OCC)no2)cc1. The molecule has 0 bridgehead atoms. The number of rotatable bonds is 11. The van der Waals surface area contributed by atoms with Crippen LogP contribution in [0.25, 0.3) is 11.5 Å². The Hall–Kier alpha value is -2.18. The van der Waals surface area contributed by atoms with Crippen LogP contribution < -0.4 is 4.74 Å². The first-order valence-corrected chi connectivity index (χ1v) is 12.7. The van der Waals surface area contributed by atoms with E-state index in [-0.39, 0.29) is 18.9 Å². The lowest BCUT2D eigenvalue weighted by Crippen LogP contribution is -2.33. The van der Waals surface area contributed by atoms with Crippen LogP contribution in [0.4, 0.5) is 0 Å². The van der Waals surface area contributed by atoms with Crippen molar-refractivity contribution in [2.75, 3.05) is 19.9 Å². The summed E-state index contributed by atoms with van der Waals surface area (Å²) < 4.78 is 34.9. The van der Waals surface area contributed by atoms with Crippen molar-refractivity contribution in [3.8, 4) is 17.2 Å². The van der Waals surface area contributed by atoms with E-state index in [0.717, 1.165) is 24.2 Å². The quantitative estimate of drug-likeness (QED) is 0.263. The second-order valence-corrected chi connectivity index (χ2v) is 11.0. The van der Waals surface area contributed by atoms with E-state index in [9.17, 15) is 9.36 Å². The van der Waals surface area contributed by atoms with E-state index >= 15 is 0 Å². The highest BCUT2D eigenvalue weighted by Gasteiger charge is 2.39. The van der Waals surface area contributed by atoms with Gasteiger partial charge in [0, 0.05) is 18.6 Å². The smallest absolute Gasteiger partial charge is 0.319 e. The maximum absolute atomic E-state index is 13.0. The Bertz CT molecular complexity index is 888. The van der Waals surface area contributed by atoms with Crippen LogP contribution in [0.3, 0.4) is 0 Å². The van der Waals surface area contributed by atoms with Gasteiger partial charge in [0.25, 0.3) is 5.89 Å². The van der Waals surface area contributed by atoms with Crippen LogP contribution in [0.1, 0.15) is 53.3 Å². The number of hydrogen-bond acceptors (Lipinski definition) is 8. The first-order chi connectivity index (χ1) is 14.6. The molecule has 9 heteroatoms. The van der Waals surface area contributed by atoms with Crippen LogP contribution >= 0.6 is 7.37 Å². The van der Waals surface area contributed by atoms with Crippen molar-refractivity contribution in [3.63, 3.8) is 0 Å². The molecule has 0 fully saturated rings.